The van der Waals surface area contributed by atoms with E-state index in [9.17, 15) is 0 Å². The third kappa shape index (κ3) is 1.45. The molecule has 1 aromatic heterocycles. The van der Waals surface area contributed by atoms with Crippen LogP contribution in [0.3, 0.4) is 0 Å². The van der Waals surface area contributed by atoms with Gasteiger partial charge in [-0.05, 0) is 24.6 Å². The molecular weight excluding hydrogens is 172 g/mol. The second-order valence-electron chi connectivity index (χ2n) is 3.27. The van der Waals surface area contributed by atoms with E-state index in [1.54, 1.807) is 0 Å². The van der Waals surface area contributed by atoms with Gasteiger partial charge in [-0.2, -0.15) is 5.26 Å². The lowest BCUT2D eigenvalue weighted by molar-refractivity contribution is 1.20. The SMILES string of the molecule is Cc1cc(CC#N)c2ccccc2n1. The van der Waals surface area contributed by atoms with Crippen molar-refractivity contribution in [3.63, 3.8) is 0 Å². The molecule has 0 fully saturated rings. The topological polar surface area (TPSA) is 36.7 Å². The summed E-state index contributed by atoms with van der Waals surface area (Å²) in [5.41, 5.74) is 3.00. The lowest BCUT2D eigenvalue weighted by Gasteiger charge is -2.03. The van der Waals surface area contributed by atoms with E-state index >= 15 is 0 Å². The summed E-state index contributed by atoms with van der Waals surface area (Å²) in [4.78, 5) is 4.41. The second kappa shape index (κ2) is 3.47. The van der Waals surface area contributed by atoms with Gasteiger partial charge in [-0.1, -0.05) is 18.2 Å². The van der Waals surface area contributed by atoms with Crippen LogP contribution in [0.15, 0.2) is 30.3 Å². The largest absolute Gasteiger partial charge is 0.253 e. The summed E-state index contributed by atoms with van der Waals surface area (Å²) in [7, 11) is 0. The molecule has 0 bridgehead atoms. The Balaban J connectivity index is 2.74. The van der Waals surface area contributed by atoms with Gasteiger partial charge >= 0.3 is 0 Å². The standard InChI is InChI=1S/C12H10N2/c1-9-8-10(6-7-13)11-4-2-3-5-12(11)14-9/h2-5,8H,6H2,1H3. The number of benzene rings is 1. The van der Waals surface area contributed by atoms with E-state index in [1.807, 2.05) is 37.3 Å². The van der Waals surface area contributed by atoms with E-state index in [1.165, 1.54) is 0 Å². The van der Waals surface area contributed by atoms with Crippen molar-refractivity contribution in [2.75, 3.05) is 0 Å². The molecule has 0 unspecified atom stereocenters. The van der Waals surface area contributed by atoms with E-state index in [0.717, 1.165) is 22.2 Å². The highest BCUT2D eigenvalue weighted by Crippen LogP contribution is 2.18. The molecule has 0 N–H and O–H groups in total. The van der Waals surface area contributed by atoms with Gasteiger partial charge in [0, 0.05) is 11.1 Å². The van der Waals surface area contributed by atoms with Crippen molar-refractivity contribution in [2.45, 2.75) is 13.3 Å². The zero-order chi connectivity index (χ0) is 9.97. The number of hydrogen-bond donors (Lipinski definition) is 0. The van der Waals surface area contributed by atoms with E-state index < -0.39 is 0 Å². The summed E-state index contributed by atoms with van der Waals surface area (Å²) in [6.45, 7) is 1.95. The summed E-state index contributed by atoms with van der Waals surface area (Å²) < 4.78 is 0. The van der Waals surface area contributed by atoms with Crippen molar-refractivity contribution in [2.24, 2.45) is 0 Å². The Kier molecular flexibility index (Phi) is 2.16. The van der Waals surface area contributed by atoms with Crippen LogP contribution in [0.1, 0.15) is 11.3 Å². The number of pyridine rings is 1. The van der Waals surface area contributed by atoms with Crippen molar-refractivity contribution in [3.8, 4) is 6.07 Å². The highest BCUT2D eigenvalue weighted by Gasteiger charge is 2.01. The number of aromatic nitrogens is 1. The van der Waals surface area contributed by atoms with Crippen molar-refractivity contribution in [1.29, 1.82) is 5.26 Å². The van der Waals surface area contributed by atoms with E-state index in [-0.39, 0.29) is 0 Å². The number of nitrogens with zero attached hydrogens (tertiary/aromatic N) is 2. The fourth-order valence-corrected chi connectivity index (χ4v) is 1.63. The van der Waals surface area contributed by atoms with Gasteiger partial charge < -0.3 is 0 Å². The molecule has 0 aliphatic rings. The van der Waals surface area contributed by atoms with Crippen LogP contribution in [0.4, 0.5) is 0 Å². The number of fused-ring (bicyclic) bond motifs is 1. The first kappa shape index (κ1) is 8.71. The maximum absolute atomic E-state index is 8.70. The first-order valence-electron chi connectivity index (χ1n) is 4.53. The summed E-state index contributed by atoms with van der Waals surface area (Å²) >= 11 is 0. The minimum Gasteiger partial charge on any atom is -0.253 e. The molecule has 1 heterocycles. The van der Waals surface area contributed by atoms with Gasteiger partial charge in [0.1, 0.15) is 0 Å². The summed E-state index contributed by atoms with van der Waals surface area (Å²) in [5.74, 6) is 0. The number of rotatable bonds is 1. The summed E-state index contributed by atoms with van der Waals surface area (Å²) in [6.07, 6.45) is 0.448. The third-order valence-electron chi connectivity index (χ3n) is 2.20. The molecule has 68 valence electrons. The fraction of sp³-hybridized carbons (Fsp3) is 0.167. The fourth-order valence-electron chi connectivity index (χ4n) is 1.63. The van der Waals surface area contributed by atoms with E-state index in [4.69, 9.17) is 5.26 Å². The Morgan fingerprint density at radius 1 is 1.36 bits per heavy atom. The quantitative estimate of drug-likeness (QED) is 0.679. The molecule has 0 aliphatic heterocycles. The Morgan fingerprint density at radius 2 is 2.14 bits per heavy atom. The molecule has 0 saturated carbocycles. The van der Waals surface area contributed by atoms with Gasteiger partial charge in [-0.15, -0.1) is 0 Å². The smallest absolute Gasteiger partial charge is 0.0708 e. The molecule has 2 heteroatoms. The van der Waals surface area contributed by atoms with Crippen LogP contribution in [-0.2, 0) is 6.42 Å². The lowest BCUT2D eigenvalue weighted by atomic mass is 10.1. The number of aryl methyl sites for hydroxylation is 1. The van der Waals surface area contributed by atoms with Crippen LogP contribution in [0.25, 0.3) is 10.9 Å². The molecular formula is C12H10N2. The van der Waals surface area contributed by atoms with Gasteiger partial charge in [0.05, 0.1) is 18.0 Å². The van der Waals surface area contributed by atoms with Crippen molar-refractivity contribution < 1.29 is 0 Å². The zero-order valence-corrected chi connectivity index (χ0v) is 7.99. The molecule has 14 heavy (non-hydrogen) atoms. The number of para-hydroxylation sites is 1. The number of nitriles is 1. The monoisotopic (exact) mass is 182 g/mol. The predicted molar refractivity (Wildman–Crippen MR) is 55.8 cm³/mol. The van der Waals surface area contributed by atoms with Crippen molar-refractivity contribution >= 4 is 10.9 Å². The molecule has 1 aromatic carbocycles. The molecule has 0 amide bonds. The summed E-state index contributed by atoms with van der Waals surface area (Å²) in [5, 5.41) is 9.78. The van der Waals surface area contributed by atoms with E-state index in [0.29, 0.717) is 6.42 Å². The Hall–Kier alpha value is -1.88. The Labute approximate surface area is 82.8 Å². The van der Waals surface area contributed by atoms with Gasteiger partial charge in [-0.3, -0.25) is 4.98 Å². The average molecular weight is 182 g/mol. The van der Waals surface area contributed by atoms with Gasteiger partial charge in [0.2, 0.25) is 0 Å². The lowest BCUT2D eigenvalue weighted by Crippen LogP contribution is -1.90. The Bertz CT molecular complexity index is 509. The molecule has 2 rings (SSSR count). The van der Waals surface area contributed by atoms with Gasteiger partial charge in [0.15, 0.2) is 0 Å². The maximum Gasteiger partial charge on any atom is 0.0708 e. The normalized spacial score (nSPS) is 10.0. The molecule has 0 spiro atoms. The third-order valence-corrected chi connectivity index (χ3v) is 2.20. The maximum atomic E-state index is 8.70. The molecule has 0 atom stereocenters. The minimum absolute atomic E-state index is 0.448. The van der Waals surface area contributed by atoms with Gasteiger partial charge in [-0.25, -0.2) is 0 Å². The van der Waals surface area contributed by atoms with Crippen molar-refractivity contribution in [3.05, 3.63) is 41.6 Å². The summed E-state index contributed by atoms with van der Waals surface area (Å²) in [6, 6.07) is 12.1. The second-order valence-corrected chi connectivity index (χ2v) is 3.27. The van der Waals surface area contributed by atoms with E-state index in [2.05, 4.69) is 11.1 Å². The average Bonchev–Trinajstić information content (AvgIpc) is 2.18. The van der Waals surface area contributed by atoms with Crippen LogP contribution in [0.2, 0.25) is 0 Å². The molecule has 0 radical (unpaired) electrons. The molecule has 2 aromatic rings. The highest BCUT2D eigenvalue weighted by molar-refractivity contribution is 5.82. The highest BCUT2D eigenvalue weighted by atomic mass is 14.7. The van der Waals surface area contributed by atoms with Crippen LogP contribution in [0, 0.1) is 18.3 Å². The predicted octanol–water partition coefficient (Wildman–Crippen LogP) is 2.61. The van der Waals surface area contributed by atoms with Crippen LogP contribution in [0.5, 0.6) is 0 Å². The minimum atomic E-state index is 0.448. The first-order chi connectivity index (χ1) is 6.81. The van der Waals surface area contributed by atoms with Crippen LogP contribution >= 0.6 is 0 Å². The van der Waals surface area contributed by atoms with Gasteiger partial charge in [0.25, 0.3) is 0 Å². The zero-order valence-electron chi connectivity index (χ0n) is 7.99. The molecule has 0 aliphatic carbocycles. The number of hydrogen-bond acceptors (Lipinski definition) is 2. The van der Waals surface area contributed by atoms with Crippen LogP contribution in [-0.4, -0.2) is 4.98 Å². The Morgan fingerprint density at radius 3 is 2.93 bits per heavy atom. The molecule has 2 nitrogen and oxygen atoms in total. The molecule has 0 saturated heterocycles. The van der Waals surface area contributed by atoms with Crippen LogP contribution < -0.4 is 0 Å². The van der Waals surface area contributed by atoms with Crippen molar-refractivity contribution in [1.82, 2.24) is 4.98 Å². The first-order valence-corrected chi connectivity index (χ1v) is 4.53.